The Kier molecular flexibility index (Phi) is 4.54. The molecule has 0 aliphatic rings. The monoisotopic (exact) mass is 164 g/mol. The van der Waals surface area contributed by atoms with E-state index in [1.165, 1.54) is 0 Å². The van der Waals surface area contributed by atoms with Gasteiger partial charge in [0, 0.05) is 13.5 Å². The van der Waals surface area contributed by atoms with E-state index in [-0.39, 0.29) is 13.5 Å². The van der Waals surface area contributed by atoms with Gasteiger partial charge in [0.25, 0.3) is 0 Å². The largest absolute Gasteiger partial charge is 0 e. The third kappa shape index (κ3) is 143. The van der Waals surface area contributed by atoms with E-state index in [1.54, 1.807) is 0 Å². The SMILES string of the molecule is F[C](F)(F)[Cu].[S]. The molecule has 0 fully saturated rings. The fourth-order valence-electron chi connectivity index (χ4n) is 0. The molecular weight excluding hydrogens is 165 g/mol. The van der Waals surface area contributed by atoms with Gasteiger partial charge < -0.3 is 0 Å². The van der Waals surface area contributed by atoms with Crippen LogP contribution in [-0.2, 0) is 16.0 Å². The normalized spacial score (nSPS) is 10.2. The van der Waals surface area contributed by atoms with Crippen LogP contribution in [0.5, 0.6) is 0 Å². The van der Waals surface area contributed by atoms with Crippen molar-refractivity contribution in [1.82, 2.24) is 0 Å². The fraction of sp³-hybridized carbons (Fsp3) is 1.00. The number of hydrogen-bond donors (Lipinski definition) is 0. The van der Waals surface area contributed by atoms with Crippen molar-refractivity contribution in [3.63, 3.8) is 0 Å². The van der Waals surface area contributed by atoms with Crippen LogP contribution < -0.4 is 0 Å². The minimum absolute atomic E-state index is 0. The van der Waals surface area contributed by atoms with Gasteiger partial charge in [-0.3, -0.25) is 0 Å². The molecule has 0 heterocycles. The first kappa shape index (κ1) is 9.82. The van der Waals surface area contributed by atoms with Crippen molar-refractivity contribution in [1.29, 1.82) is 0 Å². The van der Waals surface area contributed by atoms with E-state index in [0.717, 1.165) is 0 Å². The van der Waals surface area contributed by atoms with E-state index < -0.39 is 5.07 Å². The number of alkyl halides is 3. The van der Waals surface area contributed by atoms with Crippen LogP contribution in [0.25, 0.3) is 0 Å². The molecule has 0 aliphatic heterocycles. The third-order valence-corrected chi connectivity index (χ3v) is 0. The first-order valence-corrected chi connectivity index (χ1v) is 1.19. The zero-order valence-corrected chi connectivity index (χ0v) is 4.10. The van der Waals surface area contributed by atoms with E-state index in [2.05, 4.69) is 16.0 Å². The summed E-state index contributed by atoms with van der Waals surface area (Å²) in [5.74, 6) is 0. The van der Waals surface area contributed by atoms with Gasteiger partial charge in [-0.05, 0) is 0 Å². The van der Waals surface area contributed by atoms with Gasteiger partial charge in [-0.25, -0.2) is 0 Å². The molecule has 0 saturated heterocycles. The van der Waals surface area contributed by atoms with Crippen LogP contribution in [0.2, 0.25) is 0 Å². The van der Waals surface area contributed by atoms with Gasteiger partial charge in [0.15, 0.2) is 0 Å². The summed E-state index contributed by atoms with van der Waals surface area (Å²) in [6.07, 6.45) is 0. The van der Waals surface area contributed by atoms with Crippen LogP contribution in [0.1, 0.15) is 0 Å². The van der Waals surface area contributed by atoms with Gasteiger partial charge in [0.1, 0.15) is 0 Å². The molecule has 0 nitrogen and oxygen atoms in total. The molecule has 0 unspecified atom stereocenters. The van der Waals surface area contributed by atoms with Gasteiger partial charge >= 0.3 is 34.3 Å². The topological polar surface area (TPSA) is 0 Å². The van der Waals surface area contributed by atoms with E-state index in [4.69, 9.17) is 0 Å². The van der Waals surface area contributed by atoms with Crippen molar-refractivity contribution < 1.29 is 29.2 Å². The third-order valence-electron chi connectivity index (χ3n) is 0. The Balaban J connectivity index is 0. The second-order valence-electron chi connectivity index (χ2n) is 0.385. The molecule has 2 radical (unpaired) electrons. The molecule has 0 N–H and O–H groups in total. The molecule has 0 aliphatic carbocycles. The predicted molar refractivity (Wildman–Crippen MR) is 13.6 cm³/mol. The van der Waals surface area contributed by atoms with Crippen LogP contribution in [0, 0.1) is 0 Å². The molecule has 6 heavy (non-hydrogen) atoms. The maximum Gasteiger partial charge on any atom is 0 e. The van der Waals surface area contributed by atoms with Crippen LogP contribution in [0.3, 0.4) is 0 Å². The first-order chi connectivity index (χ1) is 2.00. The second-order valence-corrected chi connectivity index (χ2v) is 0.919. The summed E-state index contributed by atoms with van der Waals surface area (Å²) in [5, 5.41) is -4.44. The number of halogens is 3. The molecule has 0 spiro atoms. The molecule has 0 aromatic carbocycles. The fourth-order valence-corrected chi connectivity index (χ4v) is 0. The van der Waals surface area contributed by atoms with Crippen LogP contribution in [-0.4, -0.2) is 5.07 Å². The van der Waals surface area contributed by atoms with Crippen molar-refractivity contribution in [2.24, 2.45) is 0 Å². The molecule has 0 rings (SSSR count). The Hall–Kier alpha value is 0.659. The summed E-state index contributed by atoms with van der Waals surface area (Å²) in [6, 6.07) is 0. The van der Waals surface area contributed by atoms with E-state index >= 15 is 0 Å². The molecule has 0 amide bonds. The first-order valence-electron chi connectivity index (χ1n) is 0.718. The number of hydrogen-bond acceptors (Lipinski definition) is 0. The number of rotatable bonds is 0. The summed E-state index contributed by atoms with van der Waals surface area (Å²) in [6.45, 7) is 0. The average molecular weight is 165 g/mol. The zero-order valence-electron chi connectivity index (χ0n) is 2.34. The van der Waals surface area contributed by atoms with E-state index in [0.29, 0.717) is 0 Å². The molecule has 0 aromatic rings. The Morgan fingerprint density at radius 3 is 1.17 bits per heavy atom. The maximum atomic E-state index is 10.2. The molecule has 0 saturated carbocycles. The maximum absolute atomic E-state index is 10.2. The zero-order chi connectivity index (χ0) is 4.50. The van der Waals surface area contributed by atoms with Gasteiger partial charge in [0.2, 0.25) is 0 Å². The Labute approximate surface area is 48.4 Å². The Bertz CT molecular complexity index is 26.3. The van der Waals surface area contributed by atoms with Crippen LogP contribution in [0.15, 0.2) is 0 Å². The minimum atomic E-state index is -4.44. The Morgan fingerprint density at radius 1 is 1.17 bits per heavy atom. The summed E-state index contributed by atoms with van der Waals surface area (Å²) in [7, 11) is 0. The van der Waals surface area contributed by atoms with E-state index in [9.17, 15) is 13.2 Å². The molecule has 0 bridgehead atoms. The van der Waals surface area contributed by atoms with Gasteiger partial charge in [-0.15, -0.1) is 0 Å². The van der Waals surface area contributed by atoms with Crippen LogP contribution in [0.4, 0.5) is 13.2 Å². The summed E-state index contributed by atoms with van der Waals surface area (Å²) >= 11 is 2.96. The average Bonchev–Trinajstić information content (AvgIpc) is 0.722. The van der Waals surface area contributed by atoms with Crippen molar-refractivity contribution in [3.05, 3.63) is 0 Å². The predicted octanol–water partition coefficient (Wildman–Crippen LogP) is 1.70. The van der Waals surface area contributed by atoms with Crippen molar-refractivity contribution in [3.8, 4) is 0 Å². The smallest absolute Gasteiger partial charge is 0 e. The quantitative estimate of drug-likeness (QED) is 0.478. The molecule has 0 atom stereocenters. The standard InChI is InChI=1S/CF3.Cu.S/c2-1(3)4;;. The molecule has 42 valence electrons. The summed E-state index contributed by atoms with van der Waals surface area (Å²) < 4.78 is 30.5. The van der Waals surface area contributed by atoms with Crippen LogP contribution >= 0.6 is 13.5 Å². The Morgan fingerprint density at radius 2 is 1.17 bits per heavy atom. The van der Waals surface area contributed by atoms with Crippen molar-refractivity contribution >= 4 is 13.5 Å². The van der Waals surface area contributed by atoms with Crippen molar-refractivity contribution in [2.75, 3.05) is 0 Å². The summed E-state index contributed by atoms with van der Waals surface area (Å²) in [4.78, 5) is 0. The second kappa shape index (κ2) is 2.77. The summed E-state index contributed by atoms with van der Waals surface area (Å²) in [5.41, 5.74) is 0. The molecule has 0 aromatic heterocycles. The van der Waals surface area contributed by atoms with Crippen molar-refractivity contribution in [2.45, 2.75) is 5.07 Å². The molecular formula is CCuF3S. The molecule has 5 heteroatoms. The van der Waals surface area contributed by atoms with E-state index in [1.807, 2.05) is 0 Å². The van der Waals surface area contributed by atoms with Gasteiger partial charge in [-0.1, -0.05) is 0 Å². The van der Waals surface area contributed by atoms with Gasteiger partial charge in [-0.2, -0.15) is 0 Å². The van der Waals surface area contributed by atoms with Gasteiger partial charge in [0.05, 0.1) is 0 Å². The minimum Gasteiger partial charge on any atom is 0 e.